The van der Waals surface area contributed by atoms with Crippen molar-refractivity contribution in [2.24, 2.45) is 7.05 Å². The zero-order chi connectivity index (χ0) is 29.2. The number of aromatic nitrogens is 3. The summed E-state index contributed by atoms with van der Waals surface area (Å²) in [4.78, 5) is 0. The van der Waals surface area contributed by atoms with E-state index in [0.717, 1.165) is 11.4 Å². The number of hydrogen-bond donors (Lipinski definition) is 0. The minimum atomic E-state index is 1.15. The molecule has 9 rings (SSSR count). The topological polar surface area (TPSA) is 14.8 Å². The predicted molar refractivity (Wildman–Crippen MR) is 187 cm³/mol. The quantitative estimate of drug-likeness (QED) is 0.199. The monoisotopic (exact) mass is 563 g/mol. The third-order valence-corrected chi connectivity index (χ3v) is 9.10. The summed E-state index contributed by atoms with van der Waals surface area (Å²) >= 11 is 0. The fourth-order valence-corrected chi connectivity index (χ4v) is 7.12. The summed E-state index contributed by atoms with van der Waals surface area (Å²) in [5.74, 6) is 0. The Morgan fingerprint density at radius 2 is 0.705 bits per heavy atom. The van der Waals surface area contributed by atoms with Crippen LogP contribution in [-0.4, -0.2) is 13.7 Å². The first-order valence-electron chi connectivity index (χ1n) is 15.1. The van der Waals surface area contributed by atoms with Crippen LogP contribution in [0.3, 0.4) is 0 Å². The lowest BCUT2D eigenvalue weighted by atomic mass is 10.0. The van der Waals surface area contributed by atoms with Gasteiger partial charge < -0.3 is 13.7 Å². The summed E-state index contributed by atoms with van der Waals surface area (Å²) in [6, 6.07) is 57.1. The molecule has 3 nitrogen and oxygen atoms in total. The van der Waals surface area contributed by atoms with Crippen molar-refractivity contribution in [2.75, 3.05) is 0 Å². The maximum absolute atomic E-state index is 2.41. The van der Waals surface area contributed by atoms with Gasteiger partial charge in [0.25, 0.3) is 0 Å². The van der Waals surface area contributed by atoms with E-state index in [9.17, 15) is 0 Å². The first-order chi connectivity index (χ1) is 21.8. The molecule has 0 spiro atoms. The molecule has 3 heterocycles. The number of rotatable bonds is 2. The van der Waals surface area contributed by atoms with E-state index in [1.54, 1.807) is 0 Å². The molecule has 0 amide bonds. The highest BCUT2D eigenvalue weighted by Crippen LogP contribution is 2.40. The Kier molecular flexibility index (Phi) is 5.41. The summed E-state index contributed by atoms with van der Waals surface area (Å²) in [7, 11) is 2.19. The van der Waals surface area contributed by atoms with E-state index in [0.29, 0.717) is 0 Å². The van der Waals surface area contributed by atoms with Crippen molar-refractivity contribution >= 4 is 65.4 Å². The lowest BCUT2D eigenvalue weighted by Gasteiger charge is -2.13. The van der Waals surface area contributed by atoms with Gasteiger partial charge in [0.2, 0.25) is 0 Å². The summed E-state index contributed by atoms with van der Waals surface area (Å²) in [5, 5.41) is 7.39. The molecule has 0 bridgehead atoms. The van der Waals surface area contributed by atoms with Crippen molar-refractivity contribution in [3.8, 4) is 11.4 Å². The minimum Gasteiger partial charge on any atom is -0.344 e. The second-order valence-corrected chi connectivity index (χ2v) is 11.5. The van der Waals surface area contributed by atoms with Gasteiger partial charge in [-0.25, -0.2) is 0 Å². The van der Waals surface area contributed by atoms with Crippen LogP contribution in [0.5, 0.6) is 0 Å². The predicted octanol–water partition coefficient (Wildman–Crippen LogP) is 10.7. The van der Waals surface area contributed by atoms with Crippen molar-refractivity contribution in [1.82, 2.24) is 13.7 Å². The number of aryl methyl sites for hydroxylation is 1. The smallest absolute Gasteiger partial charge is 0.0542 e. The van der Waals surface area contributed by atoms with Crippen molar-refractivity contribution < 1.29 is 0 Å². The first-order valence-corrected chi connectivity index (χ1v) is 15.1. The maximum Gasteiger partial charge on any atom is 0.0542 e. The molecule has 0 atom stereocenters. The van der Waals surface area contributed by atoms with Gasteiger partial charge in [0.05, 0.1) is 22.1 Å². The van der Waals surface area contributed by atoms with Crippen LogP contribution in [0.4, 0.5) is 0 Å². The molecule has 208 valence electrons. The van der Waals surface area contributed by atoms with Crippen LogP contribution < -0.4 is 0 Å². The summed E-state index contributed by atoms with van der Waals surface area (Å²) in [5.41, 5.74) is 9.44. The molecular weight excluding hydrogens is 534 g/mol. The number of nitrogens with zero attached hydrogens (tertiary/aromatic N) is 3. The Hall–Kier alpha value is -5.80. The van der Waals surface area contributed by atoms with Crippen LogP contribution in [0, 0.1) is 0 Å². The van der Waals surface area contributed by atoms with Gasteiger partial charge in [0.15, 0.2) is 0 Å². The van der Waals surface area contributed by atoms with E-state index in [4.69, 9.17) is 0 Å². The minimum absolute atomic E-state index is 1.15. The summed E-state index contributed by atoms with van der Waals surface area (Å²) < 4.78 is 7.17. The van der Waals surface area contributed by atoms with Gasteiger partial charge in [-0.05, 0) is 71.4 Å². The van der Waals surface area contributed by atoms with Crippen molar-refractivity contribution in [3.63, 3.8) is 0 Å². The average molecular weight is 564 g/mol. The molecule has 0 saturated heterocycles. The largest absolute Gasteiger partial charge is 0.344 e. The Morgan fingerprint density at radius 3 is 1.16 bits per heavy atom. The second-order valence-electron chi connectivity index (χ2n) is 11.5. The van der Waals surface area contributed by atoms with E-state index in [-0.39, 0.29) is 0 Å². The first kappa shape index (κ1) is 24.8. The molecule has 0 unspecified atom stereocenters. The molecule has 0 aliphatic rings. The van der Waals surface area contributed by atoms with Gasteiger partial charge >= 0.3 is 0 Å². The van der Waals surface area contributed by atoms with Gasteiger partial charge in [-0.1, -0.05) is 97.1 Å². The molecular formula is C41H29N3. The number of benzene rings is 6. The Labute approximate surface area is 254 Å². The van der Waals surface area contributed by atoms with Crippen LogP contribution in [0.2, 0.25) is 0 Å². The van der Waals surface area contributed by atoms with Gasteiger partial charge in [-0.15, -0.1) is 0 Å². The van der Waals surface area contributed by atoms with Crippen molar-refractivity contribution in [1.29, 1.82) is 0 Å². The molecule has 0 aliphatic heterocycles. The number of fused-ring (bicyclic) bond motifs is 9. The third kappa shape index (κ3) is 3.56. The molecule has 9 aromatic rings. The molecule has 44 heavy (non-hydrogen) atoms. The lowest BCUT2D eigenvalue weighted by molar-refractivity contribution is 1.01. The van der Waals surface area contributed by atoms with E-state index in [1.165, 1.54) is 65.4 Å². The molecule has 0 N–H and O–H groups in total. The fourth-order valence-electron chi connectivity index (χ4n) is 7.12. The van der Waals surface area contributed by atoms with Crippen molar-refractivity contribution in [2.45, 2.75) is 0 Å². The highest BCUT2D eigenvalue weighted by atomic mass is 15.0. The van der Waals surface area contributed by atoms with Gasteiger partial charge in [0, 0.05) is 51.0 Å². The SMILES string of the molecule is Cn1c2ccc3c(ccc4ccccc4n3-c3ccccc3)c2c2c3ccc4ccccc4n(-c4ccccc4)c3ccc21. The van der Waals surface area contributed by atoms with Crippen LogP contribution in [0.1, 0.15) is 0 Å². The number of hydrogen-bond acceptors (Lipinski definition) is 0. The molecule has 0 aliphatic carbocycles. The highest BCUT2D eigenvalue weighted by Gasteiger charge is 2.17. The molecule has 6 aromatic carbocycles. The average Bonchev–Trinajstić information content (AvgIpc) is 3.19. The lowest BCUT2D eigenvalue weighted by Crippen LogP contribution is -1.97. The molecule has 3 heteroatoms. The zero-order valence-corrected chi connectivity index (χ0v) is 24.4. The molecule has 0 fully saturated rings. The van der Waals surface area contributed by atoms with E-state index in [1.807, 2.05) is 0 Å². The van der Waals surface area contributed by atoms with Gasteiger partial charge in [-0.2, -0.15) is 0 Å². The zero-order valence-electron chi connectivity index (χ0n) is 24.4. The van der Waals surface area contributed by atoms with Crippen molar-refractivity contribution in [3.05, 3.63) is 158 Å². The second kappa shape index (κ2) is 9.62. The third-order valence-electron chi connectivity index (χ3n) is 9.10. The van der Waals surface area contributed by atoms with Gasteiger partial charge in [0.1, 0.15) is 0 Å². The maximum atomic E-state index is 2.41. The van der Waals surface area contributed by atoms with E-state index < -0.39 is 0 Å². The van der Waals surface area contributed by atoms with Gasteiger partial charge in [-0.3, -0.25) is 0 Å². The Bertz CT molecular complexity index is 2420. The van der Waals surface area contributed by atoms with Crippen LogP contribution in [0.25, 0.3) is 76.8 Å². The molecule has 3 aromatic heterocycles. The van der Waals surface area contributed by atoms with E-state index >= 15 is 0 Å². The molecule has 0 radical (unpaired) electrons. The highest BCUT2D eigenvalue weighted by molar-refractivity contribution is 6.28. The summed E-state index contributed by atoms with van der Waals surface area (Å²) in [6.07, 6.45) is 0. The van der Waals surface area contributed by atoms with Crippen LogP contribution >= 0.6 is 0 Å². The molecule has 0 saturated carbocycles. The normalized spacial score (nSPS) is 11.8. The summed E-state index contributed by atoms with van der Waals surface area (Å²) in [6.45, 7) is 0. The standard InChI is InChI=1S/C41H29N3/c1-42-38-26-24-36-32(22-20-28-12-8-10-18-34(28)43(36)30-14-4-2-5-15-30)40(38)41-33-23-21-29-13-9-11-19-35(29)44(31-16-6-3-7-17-31)37(33)25-27-39(41)42/h2-27H,1H3. The van der Waals surface area contributed by atoms with E-state index in [2.05, 4.69) is 178 Å². The van der Waals surface area contributed by atoms with Crippen LogP contribution in [0.15, 0.2) is 158 Å². The Balaban J connectivity index is 1.55. The number of para-hydroxylation sites is 4. The fraction of sp³-hybridized carbons (Fsp3) is 0.0244. The Morgan fingerprint density at radius 1 is 0.318 bits per heavy atom. The van der Waals surface area contributed by atoms with Crippen LogP contribution in [-0.2, 0) is 7.05 Å².